The normalized spacial score (nSPS) is 11.7. The first-order chi connectivity index (χ1) is 12.4. The van der Waals surface area contributed by atoms with Gasteiger partial charge in [0.1, 0.15) is 21.5 Å². The lowest BCUT2D eigenvalue weighted by molar-refractivity contribution is -0.120. The number of ether oxygens (including phenoxy) is 1. The maximum atomic E-state index is 11.3. The molecule has 0 aliphatic carbocycles. The Labute approximate surface area is 148 Å². The van der Waals surface area contributed by atoms with Gasteiger partial charge >= 0.3 is 0 Å². The number of benzene rings is 3. The quantitative estimate of drug-likeness (QED) is 0.416. The van der Waals surface area contributed by atoms with Crippen LogP contribution in [0.1, 0.15) is 0 Å². The minimum absolute atomic E-state index is 0.0296. The van der Waals surface area contributed by atoms with Gasteiger partial charge in [0.15, 0.2) is 11.5 Å². The maximum absolute atomic E-state index is 11.3. The minimum atomic E-state index is -4.74. The highest BCUT2D eigenvalue weighted by molar-refractivity contribution is 7.85. The number of phenols is 1. The van der Waals surface area contributed by atoms with E-state index in [1.807, 2.05) is 0 Å². The van der Waals surface area contributed by atoms with Crippen LogP contribution >= 0.6 is 0 Å². The van der Waals surface area contributed by atoms with Crippen molar-refractivity contribution in [1.29, 1.82) is 0 Å². The van der Waals surface area contributed by atoms with Crippen molar-refractivity contribution in [3.05, 3.63) is 54.6 Å². The van der Waals surface area contributed by atoms with Crippen molar-refractivity contribution in [2.75, 3.05) is 0 Å². The van der Waals surface area contributed by atoms with Gasteiger partial charge in [0, 0.05) is 5.39 Å². The molecule has 0 radical (unpaired) electrons. The average Bonchev–Trinajstić information content (AvgIpc) is 2.61. The molecule has 1 N–H and O–H groups in total. The van der Waals surface area contributed by atoms with E-state index in [0.29, 0.717) is 10.8 Å². The van der Waals surface area contributed by atoms with Crippen LogP contribution < -0.4 is 4.74 Å². The molecule has 9 heteroatoms. The molecule has 0 aromatic heterocycles. The molecule has 3 rings (SSSR count). The molecule has 0 spiro atoms. The van der Waals surface area contributed by atoms with E-state index in [1.165, 1.54) is 24.3 Å². The predicted octanol–water partition coefficient (Wildman–Crippen LogP) is 3.40. The van der Waals surface area contributed by atoms with Gasteiger partial charge in [-0.15, -0.1) is 10.2 Å². The van der Waals surface area contributed by atoms with Crippen LogP contribution in [0.25, 0.3) is 10.8 Å². The number of azo groups is 1. The molecular weight excluding hydrogens is 360 g/mol. The summed E-state index contributed by atoms with van der Waals surface area (Å²) in [6, 6.07) is 13.6. The molecule has 3 aromatic rings. The van der Waals surface area contributed by atoms with Gasteiger partial charge in [-0.25, -0.2) is 8.42 Å². The van der Waals surface area contributed by atoms with Crippen LogP contribution in [0.15, 0.2) is 69.7 Å². The number of hydrogen-bond donors (Lipinski definition) is 1. The molecule has 0 amide bonds. The van der Waals surface area contributed by atoms with Crippen molar-refractivity contribution >= 4 is 38.7 Å². The van der Waals surface area contributed by atoms with Gasteiger partial charge in [-0.2, -0.15) is 0 Å². The van der Waals surface area contributed by atoms with Crippen LogP contribution in [0.4, 0.5) is 11.4 Å². The molecule has 0 aliphatic rings. The Hall–Kier alpha value is -3.30. The summed E-state index contributed by atoms with van der Waals surface area (Å²) >= 11 is 0. The van der Waals surface area contributed by atoms with Crippen LogP contribution in [0.2, 0.25) is 0 Å². The summed E-state index contributed by atoms with van der Waals surface area (Å²) in [6.07, 6.45) is 0. The van der Waals surface area contributed by atoms with Gasteiger partial charge in [0.05, 0.1) is 4.90 Å². The first-order valence-corrected chi connectivity index (χ1v) is 8.64. The number of phenolic OH excluding ortho intramolecular Hbond substituents is 1. The van der Waals surface area contributed by atoms with Crippen molar-refractivity contribution in [2.24, 2.45) is 10.2 Å². The van der Waals surface area contributed by atoms with E-state index in [-0.39, 0.29) is 23.6 Å². The monoisotopic (exact) mass is 371 g/mol. The van der Waals surface area contributed by atoms with Crippen LogP contribution in [-0.2, 0) is 14.9 Å². The second-order valence-corrected chi connectivity index (χ2v) is 6.48. The highest BCUT2D eigenvalue weighted by Gasteiger charge is 2.14. The molecule has 3 aromatic carbocycles. The number of hydrogen-bond acceptors (Lipinski definition) is 8. The zero-order chi connectivity index (χ0) is 18.7. The van der Waals surface area contributed by atoms with Gasteiger partial charge in [0.2, 0.25) is 0 Å². The Morgan fingerprint density at radius 2 is 1.73 bits per heavy atom. The minimum Gasteiger partial charge on any atom is -0.744 e. The summed E-state index contributed by atoms with van der Waals surface area (Å²) < 4.78 is 38.7. The number of rotatable bonds is 5. The molecule has 26 heavy (non-hydrogen) atoms. The summed E-state index contributed by atoms with van der Waals surface area (Å²) in [7, 11) is -4.74. The van der Waals surface area contributed by atoms with Crippen molar-refractivity contribution in [1.82, 2.24) is 0 Å². The Morgan fingerprint density at radius 3 is 2.46 bits per heavy atom. The van der Waals surface area contributed by atoms with E-state index in [1.54, 1.807) is 24.3 Å². The molecule has 0 atom stereocenters. The van der Waals surface area contributed by atoms with E-state index in [4.69, 9.17) is 4.74 Å². The fraction of sp³-hybridized carbons (Fsp3) is 0. The molecule has 0 fully saturated rings. The number of carbonyl (C=O) groups excluding carboxylic acids is 1. The molecule has 0 bridgehead atoms. The van der Waals surface area contributed by atoms with E-state index < -0.39 is 20.8 Å². The maximum Gasteiger partial charge on any atom is 0.298 e. The summed E-state index contributed by atoms with van der Waals surface area (Å²) in [5.41, 5.74) is -0.203. The molecular formula is C17H11N2O6S-. The molecule has 0 heterocycles. The lowest BCUT2D eigenvalue weighted by atomic mass is 10.1. The van der Waals surface area contributed by atoms with Gasteiger partial charge in [-0.1, -0.05) is 36.4 Å². The predicted molar refractivity (Wildman–Crippen MR) is 90.9 cm³/mol. The number of nitrogens with zero attached hydrogens (tertiary/aromatic N) is 2. The van der Waals surface area contributed by atoms with Gasteiger partial charge in [0.25, 0.3) is 6.47 Å². The van der Waals surface area contributed by atoms with Crippen molar-refractivity contribution in [3.8, 4) is 11.5 Å². The average molecular weight is 371 g/mol. The Bertz CT molecular complexity index is 1130. The van der Waals surface area contributed by atoms with E-state index >= 15 is 0 Å². The smallest absolute Gasteiger partial charge is 0.298 e. The standard InChI is InChI=1S/C17H12N2O6S/c20-10-25-14-9-11-5-1-2-6-12(11)16(17(14)21)19-18-13-7-3-4-8-15(13)26(22,23)24/h1-10,21H,(H,22,23,24)/p-1. The fourth-order valence-corrected chi connectivity index (χ4v) is 3.00. The number of fused-ring (bicyclic) bond motifs is 1. The lowest BCUT2D eigenvalue weighted by Gasteiger charge is -2.10. The Balaban J connectivity index is 2.19. The van der Waals surface area contributed by atoms with Gasteiger partial charge < -0.3 is 14.4 Å². The Morgan fingerprint density at radius 1 is 1.04 bits per heavy atom. The van der Waals surface area contributed by atoms with E-state index in [9.17, 15) is 22.9 Å². The first kappa shape index (κ1) is 17.5. The molecule has 8 nitrogen and oxygen atoms in total. The van der Waals surface area contributed by atoms with Gasteiger partial charge in [-0.05, 0) is 23.6 Å². The van der Waals surface area contributed by atoms with E-state index in [0.717, 1.165) is 6.07 Å². The first-order valence-electron chi connectivity index (χ1n) is 7.23. The van der Waals surface area contributed by atoms with Crippen LogP contribution in [-0.4, -0.2) is 24.5 Å². The third-order valence-electron chi connectivity index (χ3n) is 3.53. The van der Waals surface area contributed by atoms with E-state index in [2.05, 4.69) is 10.2 Å². The lowest BCUT2D eigenvalue weighted by Crippen LogP contribution is -1.98. The number of carbonyl (C=O) groups is 1. The summed E-state index contributed by atoms with van der Waals surface area (Å²) in [5.74, 6) is -0.570. The zero-order valence-electron chi connectivity index (χ0n) is 13.1. The summed E-state index contributed by atoms with van der Waals surface area (Å²) in [6.45, 7) is 0.157. The second-order valence-electron chi connectivity index (χ2n) is 5.13. The molecule has 132 valence electrons. The Kier molecular flexibility index (Phi) is 4.65. The third kappa shape index (κ3) is 3.39. The molecule has 0 aliphatic heterocycles. The highest BCUT2D eigenvalue weighted by atomic mass is 32.2. The summed E-state index contributed by atoms with van der Waals surface area (Å²) in [5, 5.41) is 19.1. The highest BCUT2D eigenvalue weighted by Crippen LogP contribution is 2.43. The molecule has 0 saturated heterocycles. The largest absolute Gasteiger partial charge is 0.744 e. The third-order valence-corrected chi connectivity index (χ3v) is 4.41. The van der Waals surface area contributed by atoms with Crippen molar-refractivity contribution in [3.63, 3.8) is 0 Å². The van der Waals surface area contributed by atoms with Crippen molar-refractivity contribution < 1.29 is 27.6 Å². The summed E-state index contributed by atoms with van der Waals surface area (Å²) in [4.78, 5) is 10.1. The van der Waals surface area contributed by atoms with Crippen LogP contribution in [0.5, 0.6) is 11.5 Å². The molecule has 0 saturated carbocycles. The second kappa shape index (κ2) is 6.90. The fourth-order valence-electron chi connectivity index (χ4n) is 2.39. The van der Waals surface area contributed by atoms with Gasteiger partial charge in [-0.3, -0.25) is 4.79 Å². The molecule has 0 unspecified atom stereocenters. The SMILES string of the molecule is O=COc1cc2ccccc2c(N=Nc2ccccc2S(=O)(=O)[O-])c1O. The number of aromatic hydroxyl groups is 1. The van der Waals surface area contributed by atoms with Crippen LogP contribution in [0.3, 0.4) is 0 Å². The zero-order valence-corrected chi connectivity index (χ0v) is 13.9. The van der Waals surface area contributed by atoms with Crippen molar-refractivity contribution in [2.45, 2.75) is 4.90 Å². The topological polar surface area (TPSA) is 128 Å². The van der Waals surface area contributed by atoms with Crippen LogP contribution in [0, 0.1) is 0 Å².